The lowest BCUT2D eigenvalue weighted by Crippen LogP contribution is -2.48. The second-order valence-electron chi connectivity index (χ2n) is 10.3. The van der Waals surface area contributed by atoms with E-state index in [-0.39, 0.29) is 17.5 Å². The van der Waals surface area contributed by atoms with Gasteiger partial charge in [-0.1, -0.05) is 12.1 Å². The molecule has 1 aromatic heterocycles. The van der Waals surface area contributed by atoms with Gasteiger partial charge in [0.25, 0.3) is 5.91 Å². The summed E-state index contributed by atoms with van der Waals surface area (Å²) in [5.41, 5.74) is 7.24. The number of carbonyl (C=O) groups excluding carboxylic acids is 1. The van der Waals surface area contributed by atoms with Crippen LogP contribution >= 0.6 is 0 Å². The van der Waals surface area contributed by atoms with E-state index in [2.05, 4.69) is 40.8 Å². The summed E-state index contributed by atoms with van der Waals surface area (Å²) in [7, 11) is 0. The highest BCUT2D eigenvalue weighted by Crippen LogP contribution is 2.43. The molecule has 4 heterocycles. The molecule has 0 saturated carbocycles. The number of ether oxygens (including phenoxy) is 2. The molecule has 2 fully saturated rings. The van der Waals surface area contributed by atoms with Crippen LogP contribution in [0.1, 0.15) is 55.6 Å². The Kier molecular flexibility index (Phi) is 5.64. The number of hydrogen-bond acceptors (Lipinski definition) is 7. The molecule has 8 nitrogen and oxygen atoms in total. The minimum atomic E-state index is -0.308. The topological polar surface area (TPSA) is 93.8 Å². The highest BCUT2D eigenvalue weighted by molar-refractivity contribution is 5.92. The molecule has 1 spiro atoms. The zero-order valence-electron chi connectivity index (χ0n) is 19.5. The molecular weight excluding hydrogens is 418 g/mol. The highest BCUT2D eigenvalue weighted by Gasteiger charge is 2.39. The van der Waals surface area contributed by atoms with Gasteiger partial charge in [-0.3, -0.25) is 9.69 Å². The van der Waals surface area contributed by atoms with Crippen LogP contribution in [0, 0.1) is 5.41 Å². The molecule has 0 unspecified atom stereocenters. The van der Waals surface area contributed by atoms with Crippen molar-refractivity contribution in [2.45, 2.75) is 51.7 Å². The number of para-hydroxylation sites is 1. The highest BCUT2D eigenvalue weighted by atomic mass is 16.6. The zero-order valence-corrected chi connectivity index (χ0v) is 19.5. The lowest BCUT2D eigenvalue weighted by molar-refractivity contribution is 0.0162. The van der Waals surface area contributed by atoms with Crippen LogP contribution in [-0.4, -0.2) is 64.1 Å². The van der Waals surface area contributed by atoms with Gasteiger partial charge in [-0.15, -0.1) is 0 Å². The number of nitrogens with zero attached hydrogens (tertiary/aromatic N) is 4. The van der Waals surface area contributed by atoms with Crippen LogP contribution in [0.3, 0.4) is 0 Å². The number of carbonyl (C=O) groups is 1. The van der Waals surface area contributed by atoms with Crippen molar-refractivity contribution in [3.8, 4) is 11.5 Å². The summed E-state index contributed by atoms with van der Waals surface area (Å²) in [6.45, 7) is 9.24. The SMILES string of the molecule is CC1(C)COc2cccc(CN3CCC4(CC3)CCN(C(=O)c3ccnc(N)n3)CC4)c2O1. The Morgan fingerprint density at radius 3 is 2.55 bits per heavy atom. The van der Waals surface area contributed by atoms with E-state index in [1.807, 2.05) is 11.0 Å². The van der Waals surface area contributed by atoms with Crippen LogP contribution in [-0.2, 0) is 6.54 Å². The number of fused-ring (bicyclic) bond motifs is 1. The van der Waals surface area contributed by atoms with Gasteiger partial charge in [-0.25, -0.2) is 9.97 Å². The van der Waals surface area contributed by atoms with Gasteiger partial charge < -0.3 is 20.1 Å². The van der Waals surface area contributed by atoms with Crippen molar-refractivity contribution in [1.82, 2.24) is 19.8 Å². The van der Waals surface area contributed by atoms with Crippen LogP contribution in [0.5, 0.6) is 11.5 Å². The maximum absolute atomic E-state index is 12.8. The number of likely N-dealkylation sites (tertiary alicyclic amines) is 2. The third-order valence-corrected chi connectivity index (χ3v) is 7.33. The first-order chi connectivity index (χ1) is 15.8. The molecule has 3 aliphatic rings. The standard InChI is InChI=1S/C25H33N5O3/c1-24(2)17-32-20-5-3-4-18(21(20)33-24)16-29-12-7-25(8-13-29)9-14-30(15-10-25)22(31)19-6-11-27-23(26)28-19/h3-6,11H,7-10,12-17H2,1-2H3,(H2,26,27,28). The Morgan fingerprint density at radius 2 is 1.82 bits per heavy atom. The first kappa shape index (κ1) is 21.9. The van der Waals surface area contributed by atoms with E-state index in [0.717, 1.165) is 69.9 Å². The van der Waals surface area contributed by atoms with E-state index in [0.29, 0.717) is 17.7 Å². The van der Waals surface area contributed by atoms with Gasteiger partial charge in [0.05, 0.1) is 0 Å². The first-order valence-electron chi connectivity index (χ1n) is 11.9. The number of piperidine rings is 2. The van der Waals surface area contributed by atoms with Crippen LogP contribution in [0.2, 0.25) is 0 Å². The number of nitrogens with two attached hydrogens (primary N) is 1. The van der Waals surface area contributed by atoms with Gasteiger partial charge in [0, 0.05) is 31.4 Å². The molecule has 0 atom stereocenters. The van der Waals surface area contributed by atoms with E-state index in [1.165, 1.54) is 5.56 Å². The predicted molar refractivity (Wildman–Crippen MR) is 125 cm³/mol. The molecule has 0 aliphatic carbocycles. The minimum absolute atomic E-state index is 0.0459. The van der Waals surface area contributed by atoms with E-state index in [9.17, 15) is 4.79 Å². The largest absolute Gasteiger partial charge is 0.486 e. The number of nitrogen functional groups attached to an aromatic ring is 1. The Morgan fingerprint density at radius 1 is 1.09 bits per heavy atom. The molecule has 5 rings (SSSR count). The Bertz CT molecular complexity index is 1020. The molecule has 2 saturated heterocycles. The van der Waals surface area contributed by atoms with Crippen LogP contribution in [0.4, 0.5) is 5.95 Å². The molecule has 3 aliphatic heterocycles. The molecule has 176 valence electrons. The van der Waals surface area contributed by atoms with Gasteiger partial charge in [-0.05, 0) is 70.2 Å². The summed E-state index contributed by atoms with van der Waals surface area (Å²) in [5, 5.41) is 0. The third kappa shape index (κ3) is 4.62. The third-order valence-electron chi connectivity index (χ3n) is 7.33. The lowest BCUT2D eigenvalue weighted by Gasteiger charge is -2.47. The van der Waals surface area contributed by atoms with Crippen molar-refractivity contribution in [3.63, 3.8) is 0 Å². The van der Waals surface area contributed by atoms with Crippen molar-refractivity contribution in [3.05, 3.63) is 41.7 Å². The number of rotatable bonds is 3. The Hall–Kier alpha value is -2.87. The summed E-state index contributed by atoms with van der Waals surface area (Å²) < 4.78 is 12.2. The summed E-state index contributed by atoms with van der Waals surface area (Å²) in [6.07, 6.45) is 5.94. The van der Waals surface area contributed by atoms with Gasteiger partial charge >= 0.3 is 0 Å². The number of anilines is 1. The molecule has 1 amide bonds. The maximum Gasteiger partial charge on any atom is 0.272 e. The monoisotopic (exact) mass is 451 g/mol. The summed E-state index contributed by atoms with van der Waals surface area (Å²) in [5.74, 6) is 1.84. The normalized spacial score (nSPS) is 21.7. The van der Waals surface area contributed by atoms with Crippen molar-refractivity contribution in [2.75, 3.05) is 38.5 Å². The first-order valence-corrected chi connectivity index (χ1v) is 11.9. The van der Waals surface area contributed by atoms with Crippen molar-refractivity contribution < 1.29 is 14.3 Å². The molecule has 2 N–H and O–H groups in total. The van der Waals surface area contributed by atoms with Crippen molar-refractivity contribution in [2.24, 2.45) is 5.41 Å². The average Bonchev–Trinajstić information content (AvgIpc) is 2.81. The Labute approximate surface area is 195 Å². The second kappa shape index (κ2) is 8.48. The van der Waals surface area contributed by atoms with Crippen LogP contribution in [0.25, 0.3) is 0 Å². The van der Waals surface area contributed by atoms with E-state index in [4.69, 9.17) is 15.2 Å². The van der Waals surface area contributed by atoms with Gasteiger partial charge in [0.15, 0.2) is 11.5 Å². The van der Waals surface area contributed by atoms with Gasteiger partial charge in [0.1, 0.15) is 17.9 Å². The summed E-state index contributed by atoms with van der Waals surface area (Å²) in [6, 6.07) is 7.83. The van der Waals surface area contributed by atoms with Crippen molar-refractivity contribution >= 4 is 11.9 Å². The summed E-state index contributed by atoms with van der Waals surface area (Å²) in [4.78, 5) is 25.2. The second-order valence-corrected chi connectivity index (χ2v) is 10.3. The molecular formula is C25H33N5O3. The number of amides is 1. The zero-order chi connectivity index (χ0) is 23.1. The fraction of sp³-hybridized carbons (Fsp3) is 0.560. The smallest absolute Gasteiger partial charge is 0.272 e. The lowest BCUT2D eigenvalue weighted by atomic mass is 9.71. The average molecular weight is 452 g/mol. The van der Waals surface area contributed by atoms with Gasteiger partial charge in [0.2, 0.25) is 5.95 Å². The maximum atomic E-state index is 12.8. The van der Waals surface area contributed by atoms with Crippen LogP contribution in [0.15, 0.2) is 30.5 Å². The van der Waals surface area contributed by atoms with E-state index in [1.54, 1.807) is 12.3 Å². The molecule has 1 aromatic carbocycles. The van der Waals surface area contributed by atoms with Gasteiger partial charge in [-0.2, -0.15) is 0 Å². The molecule has 0 radical (unpaired) electrons. The van der Waals surface area contributed by atoms with E-state index >= 15 is 0 Å². The number of benzene rings is 1. The minimum Gasteiger partial charge on any atom is -0.486 e. The Balaban J connectivity index is 1.17. The molecule has 0 bridgehead atoms. The molecule has 33 heavy (non-hydrogen) atoms. The quantitative estimate of drug-likeness (QED) is 0.766. The van der Waals surface area contributed by atoms with Crippen LogP contribution < -0.4 is 15.2 Å². The molecule has 8 heteroatoms. The summed E-state index contributed by atoms with van der Waals surface area (Å²) >= 11 is 0. The fourth-order valence-electron chi connectivity index (χ4n) is 5.24. The predicted octanol–water partition coefficient (Wildman–Crippen LogP) is 3.13. The number of aromatic nitrogens is 2. The number of hydrogen-bond donors (Lipinski definition) is 1. The van der Waals surface area contributed by atoms with E-state index < -0.39 is 0 Å². The van der Waals surface area contributed by atoms with Crippen molar-refractivity contribution in [1.29, 1.82) is 0 Å². The molecule has 2 aromatic rings. The fourth-order valence-corrected chi connectivity index (χ4v) is 5.24.